The summed E-state index contributed by atoms with van der Waals surface area (Å²) in [7, 11) is 0. The molecule has 0 aromatic carbocycles. The number of nitrogens with zero attached hydrogens (tertiary/aromatic N) is 3. The first-order chi connectivity index (χ1) is 7.10. The fourth-order valence-electron chi connectivity index (χ4n) is 1.46. The minimum Gasteiger partial charge on any atom is -0.302 e. The van der Waals surface area contributed by atoms with E-state index >= 15 is 0 Å². The van der Waals surface area contributed by atoms with Crippen molar-refractivity contribution in [2.24, 2.45) is 0 Å². The average molecular weight is 295 g/mol. The molecule has 5 heteroatoms. The Kier molecular flexibility index (Phi) is 5.09. The Morgan fingerprint density at radius 1 is 1.40 bits per heavy atom. The fraction of sp³-hybridized carbons (Fsp3) is 0.700. The minimum atomic E-state index is 0.694. The van der Waals surface area contributed by atoms with E-state index in [1.54, 1.807) is 0 Å². The van der Waals surface area contributed by atoms with Gasteiger partial charge in [-0.05, 0) is 35.9 Å². The van der Waals surface area contributed by atoms with E-state index in [9.17, 15) is 0 Å². The molecule has 0 spiro atoms. The van der Waals surface area contributed by atoms with Crippen LogP contribution < -0.4 is 0 Å². The molecule has 0 aliphatic heterocycles. The zero-order valence-corrected chi connectivity index (χ0v) is 11.8. The highest BCUT2D eigenvalue weighted by atomic mass is 79.9. The molecule has 0 saturated heterocycles. The number of hydrogen-bond acceptors (Lipinski definition) is 2. The number of halogens is 2. The van der Waals surface area contributed by atoms with Crippen LogP contribution in [0.3, 0.4) is 0 Å². The van der Waals surface area contributed by atoms with Gasteiger partial charge in [-0.2, -0.15) is 5.10 Å². The van der Waals surface area contributed by atoms with Gasteiger partial charge in [0.15, 0.2) is 0 Å². The van der Waals surface area contributed by atoms with E-state index in [0.29, 0.717) is 5.15 Å². The van der Waals surface area contributed by atoms with Crippen molar-refractivity contribution in [3.05, 3.63) is 15.3 Å². The monoisotopic (exact) mass is 293 g/mol. The first-order valence-corrected chi connectivity index (χ1v) is 6.38. The van der Waals surface area contributed by atoms with Crippen LogP contribution >= 0.6 is 27.5 Å². The van der Waals surface area contributed by atoms with Crippen LogP contribution in [0.25, 0.3) is 0 Å². The van der Waals surface area contributed by atoms with Crippen LogP contribution in [0, 0.1) is 6.92 Å². The van der Waals surface area contributed by atoms with Crippen molar-refractivity contribution in [1.29, 1.82) is 0 Å². The Morgan fingerprint density at radius 2 is 2.00 bits per heavy atom. The predicted octanol–water partition coefficient (Wildman–Crippen LogP) is 2.95. The molecule has 0 unspecified atom stereocenters. The largest absolute Gasteiger partial charge is 0.302 e. The molecule has 1 rings (SSSR count). The summed E-state index contributed by atoms with van der Waals surface area (Å²) in [5.74, 6) is 0. The van der Waals surface area contributed by atoms with Crippen molar-refractivity contribution < 1.29 is 0 Å². The van der Waals surface area contributed by atoms with Gasteiger partial charge in [-0.15, -0.1) is 0 Å². The highest BCUT2D eigenvalue weighted by Gasteiger charge is 2.10. The maximum atomic E-state index is 6.12. The molecule has 0 radical (unpaired) electrons. The van der Waals surface area contributed by atoms with Crippen molar-refractivity contribution in [1.82, 2.24) is 14.7 Å². The summed E-state index contributed by atoms with van der Waals surface area (Å²) in [6.45, 7) is 10.2. The average Bonchev–Trinajstić information content (AvgIpc) is 2.48. The lowest BCUT2D eigenvalue weighted by molar-refractivity contribution is 0.285. The maximum absolute atomic E-state index is 6.12. The van der Waals surface area contributed by atoms with E-state index in [1.165, 1.54) is 0 Å². The molecule has 3 nitrogen and oxygen atoms in total. The zero-order valence-electron chi connectivity index (χ0n) is 9.43. The lowest BCUT2D eigenvalue weighted by Crippen LogP contribution is -2.27. The summed E-state index contributed by atoms with van der Waals surface area (Å²) in [4.78, 5) is 2.35. The van der Waals surface area contributed by atoms with Crippen molar-refractivity contribution in [2.75, 3.05) is 19.6 Å². The zero-order chi connectivity index (χ0) is 11.4. The highest BCUT2D eigenvalue weighted by Crippen LogP contribution is 2.25. The second kappa shape index (κ2) is 5.87. The van der Waals surface area contributed by atoms with Crippen LogP contribution in [0.15, 0.2) is 4.47 Å². The number of aryl methyl sites for hydroxylation is 1. The van der Waals surface area contributed by atoms with E-state index in [2.05, 4.69) is 39.8 Å². The molecule has 0 N–H and O–H groups in total. The molecule has 1 aromatic rings. The number of likely N-dealkylation sites (N-methyl/N-ethyl adjacent to an activating group) is 1. The van der Waals surface area contributed by atoms with Gasteiger partial charge in [-0.25, -0.2) is 0 Å². The topological polar surface area (TPSA) is 21.1 Å². The predicted molar refractivity (Wildman–Crippen MR) is 67.5 cm³/mol. The van der Waals surface area contributed by atoms with Crippen LogP contribution in [-0.4, -0.2) is 34.3 Å². The number of rotatable bonds is 5. The third-order valence-electron chi connectivity index (χ3n) is 2.52. The molecule has 0 amide bonds. The smallest absolute Gasteiger partial charge is 0.141 e. The summed E-state index contributed by atoms with van der Waals surface area (Å²) in [6, 6.07) is 0. The van der Waals surface area contributed by atoms with Gasteiger partial charge in [-0.1, -0.05) is 25.4 Å². The molecule has 0 aliphatic rings. The molecule has 1 aromatic heterocycles. The van der Waals surface area contributed by atoms with Gasteiger partial charge < -0.3 is 4.90 Å². The van der Waals surface area contributed by atoms with Crippen LogP contribution in [-0.2, 0) is 6.54 Å². The van der Waals surface area contributed by atoms with Gasteiger partial charge >= 0.3 is 0 Å². The minimum absolute atomic E-state index is 0.694. The van der Waals surface area contributed by atoms with Gasteiger partial charge in [-0.3, -0.25) is 4.68 Å². The molecule has 0 atom stereocenters. The number of hydrogen-bond donors (Lipinski definition) is 0. The third kappa shape index (κ3) is 3.20. The lowest BCUT2D eigenvalue weighted by atomic mass is 10.4. The summed E-state index contributed by atoms with van der Waals surface area (Å²) >= 11 is 9.53. The van der Waals surface area contributed by atoms with E-state index < -0.39 is 0 Å². The van der Waals surface area contributed by atoms with E-state index in [1.807, 2.05) is 11.6 Å². The first kappa shape index (κ1) is 13.0. The Hall–Kier alpha value is -0.0600. The Bertz CT molecular complexity index is 321. The summed E-state index contributed by atoms with van der Waals surface area (Å²) in [6.07, 6.45) is 0. The van der Waals surface area contributed by atoms with Gasteiger partial charge in [0.05, 0.1) is 16.7 Å². The van der Waals surface area contributed by atoms with Gasteiger partial charge in [0, 0.05) is 6.54 Å². The molecule has 0 aliphatic carbocycles. The standard InChI is InChI=1S/C10H17BrClN3/c1-4-14(5-2)6-7-15-10(12)9(11)8(3)13-15/h4-7H2,1-3H3. The second-order valence-corrected chi connectivity index (χ2v) is 4.59. The maximum Gasteiger partial charge on any atom is 0.141 e. The van der Waals surface area contributed by atoms with Gasteiger partial charge in [0.2, 0.25) is 0 Å². The van der Waals surface area contributed by atoms with Crippen LogP contribution in [0.1, 0.15) is 19.5 Å². The quantitative estimate of drug-likeness (QED) is 0.832. The number of aromatic nitrogens is 2. The van der Waals surface area contributed by atoms with Crippen molar-refractivity contribution in [3.8, 4) is 0 Å². The Morgan fingerprint density at radius 3 is 2.40 bits per heavy atom. The van der Waals surface area contributed by atoms with E-state index in [0.717, 1.165) is 36.3 Å². The molecule has 0 fully saturated rings. The van der Waals surface area contributed by atoms with Crippen molar-refractivity contribution in [3.63, 3.8) is 0 Å². The molecular weight excluding hydrogens is 277 g/mol. The molecule has 15 heavy (non-hydrogen) atoms. The van der Waals surface area contributed by atoms with Gasteiger partial charge in [0.1, 0.15) is 5.15 Å². The summed E-state index contributed by atoms with van der Waals surface area (Å²) in [5, 5.41) is 5.06. The van der Waals surface area contributed by atoms with Crippen molar-refractivity contribution in [2.45, 2.75) is 27.3 Å². The molecule has 0 bridgehead atoms. The molecule has 0 saturated carbocycles. The third-order valence-corrected chi connectivity index (χ3v) is 4.08. The molecule has 86 valence electrons. The van der Waals surface area contributed by atoms with Gasteiger partial charge in [0.25, 0.3) is 0 Å². The normalized spacial score (nSPS) is 11.3. The summed E-state index contributed by atoms with van der Waals surface area (Å²) in [5.41, 5.74) is 0.944. The van der Waals surface area contributed by atoms with E-state index in [-0.39, 0.29) is 0 Å². The van der Waals surface area contributed by atoms with Crippen LogP contribution in [0.4, 0.5) is 0 Å². The molecule has 1 heterocycles. The lowest BCUT2D eigenvalue weighted by Gasteiger charge is -2.17. The van der Waals surface area contributed by atoms with Crippen molar-refractivity contribution >= 4 is 27.5 Å². The molecular formula is C10H17BrClN3. The van der Waals surface area contributed by atoms with Crippen LogP contribution in [0.2, 0.25) is 5.15 Å². The fourth-order valence-corrected chi connectivity index (χ4v) is 2.00. The second-order valence-electron chi connectivity index (χ2n) is 3.44. The first-order valence-electron chi connectivity index (χ1n) is 5.20. The van der Waals surface area contributed by atoms with E-state index in [4.69, 9.17) is 11.6 Å². The Balaban J connectivity index is 2.61. The highest BCUT2D eigenvalue weighted by molar-refractivity contribution is 9.10. The SMILES string of the molecule is CCN(CC)CCn1nc(C)c(Br)c1Cl. The Labute approximate surface area is 105 Å². The van der Waals surface area contributed by atoms with Crippen LogP contribution in [0.5, 0.6) is 0 Å². The summed E-state index contributed by atoms with van der Waals surface area (Å²) < 4.78 is 2.75.